The molecule has 0 bridgehead atoms. The second-order valence-corrected chi connectivity index (χ2v) is 5.83. The molecule has 1 N–H and O–H groups in total. The van der Waals surface area contributed by atoms with Gasteiger partial charge < -0.3 is 9.84 Å². The number of rotatable bonds is 3. The van der Waals surface area contributed by atoms with Crippen LogP contribution in [0, 0.1) is 0 Å². The number of carboxylic acids is 1. The summed E-state index contributed by atoms with van der Waals surface area (Å²) in [6.45, 7) is 0. The lowest BCUT2D eigenvalue weighted by atomic mass is 9.89. The van der Waals surface area contributed by atoms with E-state index in [0.29, 0.717) is 17.0 Å². The maximum Gasteiger partial charge on any atom is 0.332 e. The second-order valence-electron chi connectivity index (χ2n) is 5.83. The molecule has 8 heteroatoms. The molecule has 1 aromatic carbocycles. The molecular formula is C17H17N3O5. The Bertz CT molecular complexity index is 1020. The summed E-state index contributed by atoms with van der Waals surface area (Å²) in [4.78, 5) is 40.8. The van der Waals surface area contributed by atoms with E-state index >= 15 is 0 Å². The van der Waals surface area contributed by atoms with E-state index in [1.165, 1.54) is 25.8 Å². The molecular weight excluding hydrogens is 326 g/mol. The monoisotopic (exact) mass is 343 g/mol. The standard InChI is InChI=1S/C17H17N3O5/c1-19-14-13(15(21)20(2)17(19)24)11(16(22)23)8-12(18-14)9-5-4-6-10(7-9)25-3/h4-7,11H,8H2,1-3H3,(H,22,23). The van der Waals surface area contributed by atoms with Crippen molar-refractivity contribution in [3.05, 3.63) is 56.2 Å². The van der Waals surface area contributed by atoms with E-state index in [1.54, 1.807) is 24.3 Å². The van der Waals surface area contributed by atoms with Crippen molar-refractivity contribution in [1.82, 2.24) is 9.13 Å². The third-order valence-corrected chi connectivity index (χ3v) is 4.36. The molecule has 0 saturated heterocycles. The Morgan fingerprint density at radius 1 is 1.28 bits per heavy atom. The van der Waals surface area contributed by atoms with E-state index in [1.807, 2.05) is 0 Å². The van der Waals surface area contributed by atoms with Crippen molar-refractivity contribution in [3.63, 3.8) is 0 Å². The number of methoxy groups -OCH3 is 1. The molecule has 1 aliphatic heterocycles. The predicted molar refractivity (Wildman–Crippen MR) is 91.1 cm³/mol. The van der Waals surface area contributed by atoms with Crippen LogP contribution in [0.3, 0.4) is 0 Å². The van der Waals surface area contributed by atoms with Crippen LogP contribution in [-0.2, 0) is 18.9 Å². The van der Waals surface area contributed by atoms with Gasteiger partial charge in [0.05, 0.1) is 24.3 Å². The van der Waals surface area contributed by atoms with Crippen LogP contribution in [0.1, 0.15) is 23.5 Å². The van der Waals surface area contributed by atoms with Crippen molar-refractivity contribution in [2.75, 3.05) is 7.11 Å². The quantitative estimate of drug-likeness (QED) is 0.887. The Hall–Kier alpha value is -3.16. The zero-order valence-corrected chi connectivity index (χ0v) is 14.0. The Morgan fingerprint density at radius 3 is 2.64 bits per heavy atom. The third-order valence-electron chi connectivity index (χ3n) is 4.36. The lowest BCUT2D eigenvalue weighted by Crippen LogP contribution is -2.42. The molecule has 8 nitrogen and oxygen atoms in total. The highest BCUT2D eigenvalue weighted by molar-refractivity contribution is 6.06. The smallest absolute Gasteiger partial charge is 0.332 e. The molecule has 0 saturated carbocycles. The van der Waals surface area contributed by atoms with Gasteiger partial charge >= 0.3 is 11.7 Å². The van der Waals surface area contributed by atoms with Crippen molar-refractivity contribution in [3.8, 4) is 5.75 Å². The number of benzene rings is 1. The minimum absolute atomic E-state index is 0.0312. The van der Waals surface area contributed by atoms with Gasteiger partial charge in [0.25, 0.3) is 5.56 Å². The fraction of sp³-hybridized carbons (Fsp3) is 0.294. The van der Waals surface area contributed by atoms with Crippen LogP contribution in [0.2, 0.25) is 0 Å². The summed E-state index contributed by atoms with van der Waals surface area (Å²) in [7, 11) is 4.33. The van der Waals surface area contributed by atoms with Gasteiger partial charge in [-0.25, -0.2) is 9.79 Å². The van der Waals surface area contributed by atoms with Crippen LogP contribution in [-0.4, -0.2) is 33.0 Å². The zero-order chi connectivity index (χ0) is 18.3. The van der Waals surface area contributed by atoms with E-state index in [9.17, 15) is 19.5 Å². The number of fused-ring (bicyclic) bond motifs is 1. The first-order chi connectivity index (χ1) is 11.8. The van der Waals surface area contributed by atoms with Gasteiger partial charge in [-0.3, -0.25) is 18.7 Å². The van der Waals surface area contributed by atoms with Gasteiger partial charge in [0.2, 0.25) is 0 Å². The molecule has 0 amide bonds. The Morgan fingerprint density at radius 2 is 2.00 bits per heavy atom. The number of aliphatic carboxylic acids is 1. The van der Waals surface area contributed by atoms with Crippen molar-refractivity contribution in [1.29, 1.82) is 0 Å². The van der Waals surface area contributed by atoms with Gasteiger partial charge in [0.15, 0.2) is 0 Å². The van der Waals surface area contributed by atoms with Gasteiger partial charge in [-0.1, -0.05) is 12.1 Å². The number of aliphatic imine (C=N–C) groups is 1. The topological polar surface area (TPSA) is 103 Å². The number of ether oxygens (including phenoxy) is 1. The highest BCUT2D eigenvalue weighted by atomic mass is 16.5. The number of hydrogen-bond donors (Lipinski definition) is 1. The molecule has 0 fully saturated rings. The first-order valence-electron chi connectivity index (χ1n) is 7.59. The van der Waals surface area contributed by atoms with Gasteiger partial charge in [0, 0.05) is 20.5 Å². The van der Waals surface area contributed by atoms with Crippen LogP contribution in [0.25, 0.3) is 0 Å². The third kappa shape index (κ3) is 2.65. The molecule has 1 aliphatic rings. The minimum atomic E-state index is -1.13. The average molecular weight is 343 g/mol. The van der Waals surface area contributed by atoms with Gasteiger partial charge in [-0.2, -0.15) is 0 Å². The summed E-state index contributed by atoms with van der Waals surface area (Å²) in [5, 5.41) is 9.61. The van der Waals surface area contributed by atoms with E-state index in [-0.39, 0.29) is 17.8 Å². The van der Waals surface area contributed by atoms with E-state index in [0.717, 1.165) is 4.57 Å². The molecule has 1 unspecified atom stereocenters. The number of hydrogen-bond acceptors (Lipinski definition) is 5. The molecule has 0 radical (unpaired) electrons. The summed E-state index contributed by atoms with van der Waals surface area (Å²) in [6.07, 6.45) is 0.0585. The molecule has 130 valence electrons. The zero-order valence-electron chi connectivity index (χ0n) is 14.0. The Balaban J connectivity index is 2.30. The SMILES string of the molecule is COc1cccc(C2=Nc3c(c(=O)n(C)c(=O)n3C)C(C(=O)O)C2)c1. The molecule has 25 heavy (non-hydrogen) atoms. The van der Waals surface area contributed by atoms with E-state index in [4.69, 9.17) is 4.74 Å². The summed E-state index contributed by atoms with van der Waals surface area (Å²) >= 11 is 0. The summed E-state index contributed by atoms with van der Waals surface area (Å²) in [5.41, 5.74) is 0.0256. The fourth-order valence-electron chi connectivity index (χ4n) is 2.96. The molecule has 1 atom stereocenters. The van der Waals surface area contributed by atoms with Crippen molar-refractivity contribution < 1.29 is 14.6 Å². The van der Waals surface area contributed by atoms with Crippen LogP contribution in [0.15, 0.2) is 38.8 Å². The van der Waals surface area contributed by atoms with Crippen molar-refractivity contribution in [2.24, 2.45) is 19.1 Å². The van der Waals surface area contributed by atoms with E-state index < -0.39 is 23.1 Å². The highest BCUT2D eigenvalue weighted by Crippen LogP contribution is 2.33. The second kappa shape index (κ2) is 6.04. The molecule has 2 heterocycles. The lowest BCUT2D eigenvalue weighted by Gasteiger charge is -2.23. The van der Waals surface area contributed by atoms with Gasteiger partial charge in [0.1, 0.15) is 11.6 Å². The van der Waals surface area contributed by atoms with Crippen LogP contribution < -0.4 is 16.0 Å². The number of carbonyl (C=O) groups is 1. The molecule has 3 rings (SSSR count). The first-order valence-corrected chi connectivity index (χ1v) is 7.59. The van der Waals surface area contributed by atoms with Gasteiger partial charge in [-0.15, -0.1) is 0 Å². The number of nitrogens with zero attached hydrogens (tertiary/aromatic N) is 3. The molecule has 1 aromatic heterocycles. The average Bonchev–Trinajstić information content (AvgIpc) is 2.63. The van der Waals surface area contributed by atoms with E-state index in [2.05, 4.69) is 4.99 Å². The largest absolute Gasteiger partial charge is 0.497 e. The minimum Gasteiger partial charge on any atom is -0.497 e. The fourth-order valence-corrected chi connectivity index (χ4v) is 2.96. The normalized spacial score (nSPS) is 16.1. The maximum atomic E-state index is 12.4. The van der Waals surface area contributed by atoms with Crippen LogP contribution in [0.5, 0.6) is 5.75 Å². The van der Waals surface area contributed by atoms with Crippen molar-refractivity contribution in [2.45, 2.75) is 12.3 Å². The summed E-state index contributed by atoms with van der Waals surface area (Å²) < 4.78 is 7.29. The van der Waals surface area contributed by atoms with Crippen molar-refractivity contribution >= 4 is 17.5 Å². The number of carboxylic acid groups (broad SMARTS) is 1. The Labute approximate surface area is 142 Å². The lowest BCUT2D eigenvalue weighted by molar-refractivity contribution is -0.138. The summed E-state index contributed by atoms with van der Waals surface area (Å²) in [5.74, 6) is -1.51. The summed E-state index contributed by atoms with van der Waals surface area (Å²) in [6, 6.07) is 7.05. The van der Waals surface area contributed by atoms with Crippen LogP contribution >= 0.6 is 0 Å². The Kier molecular flexibility index (Phi) is 4.03. The maximum absolute atomic E-state index is 12.4. The molecule has 2 aromatic rings. The number of aromatic nitrogens is 2. The van der Waals surface area contributed by atoms with Gasteiger partial charge in [-0.05, 0) is 17.7 Å². The molecule has 0 spiro atoms. The van der Waals surface area contributed by atoms with Crippen LogP contribution in [0.4, 0.5) is 5.82 Å². The molecule has 0 aliphatic carbocycles. The highest BCUT2D eigenvalue weighted by Gasteiger charge is 2.34. The predicted octanol–water partition coefficient (Wildman–Crippen LogP) is 0.785. The first kappa shape index (κ1) is 16.7.